The number of piperidine rings is 1. The van der Waals surface area contributed by atoms with E-state index in [0.29, 0.717) is 19.0 Å². The molecule has 27 heavy (non-hydrogen) atoms. The van der Waals surface area contributed by atoms with Gasteiger partial charge in [0.2, 0.25) is 5.91 Å². The van der Waals surface area contributed by atoms with E-state index in [1.165, 1.54) is 5.56 Å². The molecule has 3 aliphatic rings. The van der Waals surface area contributed by atoms with Gasteiger partial charge in [0, 0.05) is 13.1 Å². The molecule has 0 radical (unpaired) electrons. The van der Waals surface area contributed by atoms with Crippen LogP contribution < -0.4 is 5.32 Å². The first-order valence-corrected chi connectivity index (χ1v) is 9.93. The highest BCUT2D eigenvalue weighted by atomic mass is 16.2. The number of carbonyl (C=O) groups excluding carboxylic acids is 3. The minimum atomic E-state index is -0.819. The Labute approximate surface area is 159 Å². The van der Waals surface area contributed by atoms with Crippen molar-refractivity contribution < 1.29 is 14.4 Å². The second-order valence-electron chi connectivity index (χ2n) is 8.31. The molecule has 6 nitrogen and oxygen atoms in total. The first-order valence-electron chi connectivity index (χ1n) is 9.93. The fourth-order valence-electron chi connectivity index (χ4n) is 4.37. The highest BCUT2D eigenvalue weighted by molar-refractivity contribution is 6.09. The smallest absolute Gasteiger partial charge is 0.325 e. The van der Waals surface area contributed by atoms with Crippen LogP contribution in [0, 0.1) is 11.8 Å². The molecule has 4 amide bonds. The van der Waals surface area contributed by atoms with Gasteiger partial charge in [0.15, 0.2) is 0 Å². The molecule has 1 N–H and O–H groups in total. The van der Waals surface area contributed by atoms with Crippen molar-refractivity contribution in [2.24, 2.45) is 11.8 Å². The molecule has 4 rings (SSSR count). The second kappa shape index (κ2) is 6.98. The van der Waals surface area contributed by atoms with Crippen molar-refractivity contribution >= 4 is 17.8 Å². The lowest BCUT2D eigenvalue weighted by molar-refractivity contribution is -0.139. The van der Waals surface area contributed by atoms with E-state index in [9.17, 15) is 14.4 Å². The lowest BCUT2D eigenvalue weighted by Gasteiger charge is -2.33. The summed E-state index contributed by atoms with van der Waals surface area (Å²) in [5.74, 6) is 0.410. The topological polar surface area (TPSA) is 69.7 Å². The van der Waals surface area contributed by atoms with Crippen LogP contribution in [0.4, 0.5) is 4.79 Å². The van der Waals surface area contributed by atoms with E-state index >= 15 is 0 Å². The third-order valence-corrected chi connectivity index (χ3v) is 6.32. The predicted octanol–water partition coefficient (Wildman–Crippen LogP) is 2.19. The van der Waals surface area contributed by atoms with Crippen LogP contribution in [0.2, 0.25) is 0 Å². The molecule has 0 bridgehead atoms. The fourth-order valence-corrected chi connectivity index (χ4v) is 4.37. The normalized spacial score (nSPS) is 26.4. The van der Waals surface area contributed by atoms with Gasteiger partial charge in [-0.15, -0.1) is 0 Å². The zero-order chi connectivity index (χ0) is 19.0. The first-order chi connectivity index (χ1) is 13.0. The predicted molar refractivity (Wildman–Crippen MR) is 101 cm³/mol. The van der Waals surface area contributed by atoms with Gasteiger partial charge in [0.1, 0.15) is 12.1 Å². The summed E-state index contributed by atoms with van der Waals surface area (Å²) in [6.45, 7) is 3.03. The van der Waals surface area contributed by atoms with Gasteiger partial charge in [-0.1, -0.05) is 30.3 Å². The fraction of sp³-hybridized carbons (Fsp3) is 0.571. The van der Waals surface area contributed by atoms with Gasteiger partial charge < -0.3 is 10.2 Å². The number of hydrogen-bond acceptors (Lipinski definition) is 3. The molecule has 0 spiro atoms. The Kier molecular flexibility index (Phi) is 4.66. The molecule has 3 fully saturated rings. The highest BCUT2D eigenvalue weighted by Gasteiger charge is 2.56. The molecule has 6 heteroatoms. The first kappa shape index (κ1) is 18.0. The van der Waals surface area contributed by atoms with Crippen molar-refractivity contribution in [3.63, 3.8) is 0 Å². The summed E-state index contributed by atoms with van der Waals surface area (Å²) < 4.78 is 0. The molecule has 1 aromatic carbocycles. The van der Waals surface area contributed by atoms with E-state index < -0.39 is 11.6 Å². The summed E-state index contributed by atoms with van der Waals surface area (Å²) in [6.07, 6.45) is 4.87. The molecule has 0 aromatic heterocycles. The van der Waals surface area contributed by atoms with Crippen LogP contribution in [-0.2, 0) is 16.0 Å². The number of benzene rings is 1. The van der Waals surface area contributed by atoms with Crippen molar-refractivity contribution in [2.75, 3.05) is 19.6 Å². The number of carbonyl (C=O) groups is 3. The van der Waals surface area contributed by atoms with Gasteiger partial charge in [-0.3, -0.25) is 14.5 Å². The number of rotatable bonds is 5. The number of urea groups is 1. The zero-order valence-electron chi connectivity index (χ0n) is 15.8. The quantitative estimate of drug-likeness (QED) is 0.809. The van der Waals surface area contributed by atoms with Gasteiger partial charge >= 0.3 is 6.03 Å². The van der Waals surface area contributed by atoms with Crippen molar-refractivity contribution in [3.05, 3.63) is 35.9 Å². The lowest BCUT2D eigenvalue weighted by Crippen LogP contribution is -2.48. The number of amides is 4. The van der Waals surface area contributed by atoms with Crippen LogP contribution >= 0.6 is 0 Å². The Bertz CT molecular complexity index is 738. The Morgan fingerprint density at radius 1 is 1.11 bits per heavy atom. The highest BCUT2D eigenvalue weighted by Crippen LogP contribution is 2.42. The summed E-state index contributed by atoms with van der Waals surface area (Å²) in [5.41, 5.74) is 0.515. The van der Waals surface area contributed by atoms with Crippen LogP contribution in [0.1, 0.15) is 38.2 Å². The number of hydrogen-bond donors (Lipinski definition) is 1. The van der Waals surface area contributed by atoms with Crippen molar-refractivity contribution in [2.45, 2.75) is 44.6 Å². The molecule has 1 aromatic rings. The van der Waals surface area contributed by atoms with Crippen molar-refractivity contribution in [1.82, 2.24) is 15.1 Å². The number of imide groups is 1. The zero-order valence-corrected chi connectivity index (χ0v) is 15.8. The molecule has 1 atom stereocenters. The number of nitrogens with one attached hydrogen (secondary N) is 1. The summed E-state index contributed by atoms with van der Waals surface area (Å²) in [5, 5.41) is 2.80. The molecule has 144 valence electrons. The molecular formula is C21H27N3O3. The number of nitrogens with zero attached hydrogens (tertiary/aromatic N) is 2. The molecule has 1 saturated carbocycles. The Morgan fingerprint density at radius 2 is 1.78 bits per heavy atom. The third kappa shape index (κ3) is 3.57. The van der Waals surface area contributed by atoms with E-state index in [1.807, 2.05) is 6.07 Å². The molecular weight excluding hydrogens is 342 g/mol. The minimum Gasteiger partial charge on any atom is -0.341 e. The van der Waals surface area contributed by atoms with Crippen molar-refractivity contribution in [1.29, 1.82) is 0 Å². The van der Waals surface area contributed by atoms with Crippen molar-refractivity contribution in [3.8, 4) is 0 Å². The van der Waals surface area contributed by atoms with Crippen LogP contribution in [-0.4, -0.2) is 52.8 Å². The maximum absolute atomic E-state index is 12.7. The van der Waals surface area contributed by atoms with Gasteiger partial charge in [-0.2, -0.15) is 0 Å². The number of likely N-dealkylation sites (tertiary alicyclic amines) is 1. The third-order valence-electron chi connectivity index (χ3n) is 6.32. The monoisotopic (exact) mass is 369 g/mol. The summed E-state index contributed by atoms with van der Waals surface area (Å²) in [4.78, 5) is 40.5. The summed E-state index contributed by atoms with van der Waals surface area (Å²) in [7, 11) is 0. The summed E-state index contributed by atoms with van der Waals surface area (Å²) in [6, 6.07) is 10.00. The molecule has 2 saturated heterocycles. The maximum Gasteiger partial charge on any atom is 0.325 e. The van der Waals surface area contributed by atoms with Gasteiger partial charge in [0.25, 0.3) is 5.91 Å². The van der Waals surface area contributed by atoms with Crippen LogP contribution in [0.25, 0.3) is 0 Å². The Balaban J connectivity index is 1.30. The lowest BCUT2D eigenvalue weighted by atomic mass is 9.90. The van der Waals surface area contributed by atoms with E-state index in [4.69, 9.17) is 0 Å². The maximum atomic E-state index is 12.7. The molecule has 0 unspecified atom stereocenters. The van der Waals surface area contributed by atoms with Crippen LogP contribution in [0.3, 0.4) is 0 Å². The molecule has 2 heterocycles. The Morgan fingerprint density at radius 3 is 2.41 bits per heavy atom. The van der Waals surface area contributed by atoms with Crippen LogP contribution in [0.15, 0.2) is 30.3 Å². The summed E-state index contributed by atoms with van der Waals surface area (Å²) >= 11 is 0. The van der Waals surface area contributed by atoms with Gasteiger partial charge in [0.05, 0.1) is 0 Å². The standard InChI is InChI=1S/C21H27N3O3/c1-21(17-7-8-17)19(26)24(20(27)22-21)14-18(25)23-11-9-16(10-12-23)13-15-5-3-2-4-6-15/h2-6,16-17H,7-14H2,1H3,(H,22,27)/t21-/m0/s1. The van der Waals surface area contributed by atoms with Gasteiger partial charge in [-0.05, 0) is 56.4 Å². The van der Waals surface area contributed by atoms with E-state index in [0.717, 1.165) is 37.0 Å². The van der Waals surface area contributed by atoms with Gasteiger partial charge in [-0.25, -0.2) is 4.79 Å². The molecule has 2 aliphatic heterocycles. The van der Waals surface area contributed by atoms with E-state index in [1.54, 1.807) is 11.8 Å². The molecule has 1 aliphatic carbocycles. The van der Waals surface area contributed by atoms with E-state index in [2.05, 4.69) is 29.6 Å². The average molecular weight is 369 g/mol. The van der Waals surface area contributed by atoms with Crippen LogP contribution in [0.5, 0.6) is 0 Å². The van der Waals surface area contributed by atoms with E-state index in [-0.39, 0.29) is 24.3 Å². The largest absolute Gasteiger partial charge is 0.341 e. The SMILES string of the molecule is C[C@@]1(C2CC2)NC(=O)N(CC(=O)N2CCC(Cc3ccccc3)CC2)C1=O. The second-order valence-corrected chi connectivity index (χ2v) is 8.31. The average Bonchev–Trinajstić information content (AvgIpc) is 3.49. The Hall–Kier alpha value is -2.37. The minimum absolute atomic E-state index is 0.128.